The fourth-order valence-corrected chi connectivity index (χ4v) is 4.35. The summed E-state index contributed by atoms with van der Waals surface area (Å²) in [5, 5.41) is 1.10. The van der Waals surface area contributed by atoms with Gasteiger partial charge in [-0.1, -0.05) is 23.2 Å². The summed E-state index contributed by atoms with van der Waals surface area (Å²) in [5.74, 6) is 0.694. The Hall–Kier alpha value is -1.64. The Balaban J connectivity index is 1.56. The van der Waals surface area contributed by atoms with Crippen LogP contribution in [0.25, 0.3) is 0 Å². The molecule has 1 saturated heterocycles. The second kappa shape index (κ2) is 9.45. The van der Waals surface area contributed by atoms with Gasteiger partial charge in [0, 0.05) is 42.3 Å². The van der Waals surface area contributed by atoms with Crippen molar-refractivity contribution < 1.29 is 18.0 Å². The summed E-state index contributed by atoms with van der Waals surface area (Å²) in [6.07, 6.45) is -2.86. The summed E-state index contributed by atoms with van der Waals surface area (Å²) in [4.78, 5) is 20.9. The van der Waals surface area contributed by atoms with Gasteiger partial charge >= 0.3 is 6.18 Å². The zero-order valence-corrected chi connectivity index (χ0v) is 17.6. The minimum absolute atomic E-state index is 0.0201. The van der Waals surface area contributed by atoms with E-state index in [0.29, 0.717) is 48.5 Å². The first-order valence-corrected chi connectivity index (χ1v) is 10.6. The highest BCUT2D eigenvalue weighted by molar-refractivity contribution is 8.00. The number of halogens is 5. The zero-order chi connectivity index (χ0) is 21.0. The van der Waals surface area contributed by atoms with Crippen LogP contribution in [0.1, 0.15) is 12.0 Å². The average Bonchev–Trinajstić information content (AvgIpc) is 2.94. The number of nitrogens with zero attached hydrogens (tertiary/aromatic N) is 3. The van der Waals surface area contributed by atoms with E-state index in [4.69, 9.17) is 23.2 Å². The topological polar surface area (TPSA) is 36.4 Å². The van der Waals surface area contributed by atoms with E-state index in [1.807, 2.05) is 4.90 Å². The standard InChI is InChI=1S/C19H18Cl2F3N3OS/c20-14-3-4-15(21)16(10-14)29-12-18(28)27-7-1-6-26(8-9-27)17-5-2-13(11-25-17)19(22,23)24/h2-5,10-11H,1,6-9,12H2. The lowest BCUT2D eigenvalue weighted by Gasteiger charge is -2.23. The van der Waals surface area contributed by atoms with Crippen LogP contribution in [-0.2, 0) is 11.0 Å². The van der Waals surface area contributed by atoms with Gasteiger partial charge in [0.25, 0.3) is 0 Å². The van der Waals surface area contributed by atoms with Crippen molar-refractivity contribution in [3.05, 3.63) is 52.1 Å². The number of hydrogen-bond donors (Lipinski definition) is 0. The molecule has 0 spiro atoms. The van der Waals surface area contributed by atoms with Gasteiger partial charge in [-0.05, 0) is 36.8 Å². The van der Waals surface area contributed by atoms with Gasteiger partial charge in [0.2, 0.25) is 5.91 Å². The SMILES string of the molecule is O=C(CSc1cc(Cl)ccc1Cl)N1CCCN(c2ccc(C(F)(F)F)cn2)CC1. The quantitative estimate of drug-likeness (QED) is 0.581. The van der Waals surface area contributed by atoms with Crippen LogP contribution in [0.2, 0.25) is 10.0 Å². The van der Waals surface area contributed by atoms with Gasteiger partial charge in [-0.15, -0.1) is 11.8 Å². The smallest absolute Gasteiger partial charge is 0.355 e. The van der Waals surface area contributed by atoms with Crippen LogP contribution in [0.4, 0.5) is 19.0 Å². The third kappa shape index (κ3) is 5.93. The lowest BCUT2D eigenvalue weighted by molar-refractivity contribution is -0.137. The summed E-state index contributed by atoms with van der Waals surface area (Å²) in [7, 11) is 0. The number of thioether (sulfide) groups is 1. The molecule has 0 saturated carbocycles. The largest absolute Gasteiger partial charge is 0.417 e. The Bertz CT molecular complexity index is 865. The second-order valence-electron chi connectivity index (χ2n) is 6.49. The lowest BCUT2D eigenvalue weighted by Crippen LogP contribution is -2.36. The molecule has 4 nitrogen and oxygen atoms in total. The molecule has 1 fully saturated rings. The molecule has 10 heteroatoms. The minimum atomic E-state index is -4.41. The van der Waals surface area contributed by atoms with E-state index in [-0.39, 0.29) is 11.7 Å². The highest BCUT2D eigenvalue weighted by Gasteiger charge is 2.31. The molecule has 2 aromatic rings. The number of pyridine rings is 1. The van der Waals surface area contributed by atoms with Crippen molar-refractivity contribution in [3.63, 3.8) is 0 Å². The Morgan fingerprint density at radius 1 is 1.10 bits per heavy atom. The van der Waals surface area contributed by atoms with E-state index in [9.17, 15) is 18.0 Å². The molecular weight excluding hydrogens is 446 g/mol. The molecule has 2 heterocycles. The normalized spacial score (nSPS) is 15.3. The summed E-state index contributed by atoms with van der Waals surface area (Å²) in [6, 6.07) is 7.51. The lowest BCUT2D eigenvalue weighted by atomic mass is 10.2. The number of anilines is 1. The first-order valence-electron chi connectivity index (χ1n) is 8.88. The maximum Gasteiger partial charge on any atom is 0.417 e. The molecule has 0 bridgehead atoms. The zero-order valence-electron chi connectivity index (χ0n) is 15.3. The van der Waals surface area contributed by atoms with Gasteiger partial charge in [0.05, 0.1) is 16.3 Å². The minimum Gasteiger partial charge on any atom is -0.355 e. The summed E-state index contributed by atoms with van der Waals surface area (Å²) < 4.78 is 38.1. The van der Waals surface area contributed by atoms with Crippen LogP contribution in [0.15, 0.2) is 41.4 Å². The first-order chi connectivity index (χ1) is 13.7. The molecule has 1 aliphatic rings. The van der Waals surface area contributed by atoms with Crippen molar-refractivity contribution in [2.75, 3.05) is 36.8 Å². The van der Waals surface area contributed by atoms with E-state index in [2.05, 4.69) is 4.98 Å². The van der Waals surface area contributed by atoms with Gasteiger partial charge in [-0.25, -0.2) is 4.98 Å². The molecule has 3 rings (SSSR count). The molecule has 0 atom stereocenters. The van der Waals surface area contributed by atoms with Crippen molar-refractivity contribution in [2.45, 2.75) is 17.5 Å². The fraction of sp³-hybridized carbons (Fsp3) is 0.368. The predicted molar refractivity (Wildman–Crippen MR) is 110 cm³/mol. The van der Waals surface area contributed by atoms with E-state index >= 15 is 0 Å². The van der Waals surface area contributed by atoms with Crippen LogP contribution in [-0.4, -0.2) is 47.7 Å². The van der Waals surface area contributed by atoms with E-state index in [1.54, 1.807) is 23.1 Å². The monoisotopic (exact) mass is 463 g/mol. The first kappa shape index (κ1) is 22.1. The molecule has 29 heavy (non-hydrogen) atoms. The Morgan fingerprint density at radius 3 is 2.59 bits per heavy atom. The number of benzene rings is 1. The van der Waals surface area contributed by atoms with Crippen LogP contribution < -0.4 is 4.90 Å². The van der Waals surface area contributed by atoms with E-state index in [1.165, 1.54) is 17.8 Å². The van der Waals surface area contributed by atoms with Gasteiger partial charge < -0.3 is 9.80 Å². The maximum atomic E-state index is 12.7. The Morgan fingerprint density at radius 2 is 1.90 bits per heavy atom. The van der Waals surface area contributed by atoms with Gasteiger partial charge in [0.1, 0.15) is 5.82 Å². The number of rotatable bonds is 4. The number of amides is 1. The van der Waals surface area contributed by atoms with Crippen molar-refractivity contribution in [1.29, 1.82) is 0 Å². The Labute approximate surface area is 181 Å². The molecule has 0 radical (unpaired) electrons. The number of hydrogen-bond acceptors (Lipinski definition) is 4. The van der Waals surface area contributed by atoms with Crippen LogP contribution in [0.5, 0.6) is 0 Å². The molecule has 0 unspecified atom stereocenters. The molecule has 1 aromatic heterocycles. The molecular formula is C19H18Cl2F3N3OS. The predicted octanol–water partition coefficient (Wildman–Crippen LogP) is 5.24. The van der Waals surface area contributed by atoms with Crippen LogP contribution >= 0.6 is 35.0 Å². The highest BCUT2D eigenvalue weighted by atomic mass is 35.5. The fourth-order valence-electron chi connectivity index (χ4n) is 2.96. The molecule has 1 aromatic carbocycles. The Kier molecular flexibility index (Phi) is 7.19. The van der Waals surface area contributed by atoms with Crippen LogP contribution in [0.3, 0.4) is 0 Å². The summed E-state index contributed by atoms with van der Waals surface area (Å²) >= 11 is 13.4. The van der Waals surface area contributed by atoms with E-state index in [0.717, 1.165) is 17.2 Å². The second-order valence-corrected chi connectivity index (χ2v) is 8.35. The van der Waals surface area contributed by atoms with Gasteiger partial charge in [-0.3, -0.25) is 4.79 Å². The molecule has 1 aliphatic heterocycles. The van der Waals surface area contributed by atoms with Crippen molar-refractivity contribution in [3.8, 4) is 0 Å². The third-order valence-corrected chi connectivity index (χ3v) is 6.21. The third-order valence-electron chi connectivity index (χ3n) is 4.49. The molecule has 0 N–H and O–H groups in total. The van der Waals surface area contributed by atoms with Crippen molar-refractivity contribution >= 4 is 46.7 Å². The number of carbonyl (C=O) groups excluding carboxylic acids is 1. The van der Waals surface area contributed by atoms with Gasteiger partial charge in [-0.2, -0.15) is 13.2 Å². The molecule has 1 amide bonds. The molecule has 0 aliphatic carbocycles. The maximum absolute atomic E-state index is 12.7. The van der Waals surface area contributed by atoms with Gasteiger partial charge in [0.15, 0.2) is 0 Å². The van der Waals surface area contributed by atoms with Crippen molar-refractivity contribution in [2.24, 2.45) is 0 Å². The number of aromatic nitrogens is 1. The molecule has 156 valence electrons. The summed E-state index contributed by atoms with van der Waals surface area (Å²) in [5.41, 5.74) is -0.774. The summed E-state index contributed by atoms with van der Waals surface area (Å²) in [6.45, 7) is 2.19. The number of alkyl halides is 3. The van der Waals surface area contributed by atoms with Crippen LogP contribution in [0, 0.1) is 0 Å². The number of carbonyl (C=O) groups is 1. The highest BCUT2D eigenvalue weighted by Crippen LogP contribution is 2.31. The van der Waals surface area contributed by atoms with Crippen molar-refractivity contribution in [1.82, 2.24) is 9.88 Å². The average molecular weight is 464 g/mol. The van der Waals surface area contributed by atoms with E-state index < -0.39 is 11.7 Å².